The molecule has 5 heterocycles. The second-order valence-corrected chi connectivity index (χ2v) is 8.66. The summed E-state index contributed by atoms with van der Waals surface area (Å²) in [6.07, 6.45) is 7.13. The molecule has 0 saturated carbocycles. The Hall–Kier alpha value is -4.50. The van der Waals surface area contributed by atoms with Crippen LogP contribution in [-0.4, -0.2) is 54.1 Å². The molecule has 1 aromatic carbocycles. The van der Waals surface area contributed by atoms with Crippen LogP contribution in [-0.2, 0) is 6.54 Å². The maximum Gasteiger partial charge on any atom is 0.161 e. The lowest BCUT2D eigenvalue weighted by Gasteiger charge is -2.10. The van der Waals surface area contributed by atoms with E-state index in [2.05, 4.69) is 36.1 Å². The molecule has 0 aliphatic carbocycles. The van der Waals surface area contributed by atoms with Crippen LogP contribution in [0.15, 0.2) is 67.3 Å². The fourth-order valence-corrected chi connectivity index (χ4v) is 4.19. The molecule has 0 saturated heterocycles. The van der Waals surface area contributed by atoms with Crippen LogP contribution in [0.2, 0.25) is 0 Å². The topological polar surface area (TPSA) is 99.3 Å². The van der Waals surface area contributed by atoms with Gasteiger partial charge < -0.3 is 9.88 Å². The quantitative estimate of drug-likeness (QED) is 0.379. The van der Waals surface area contributed by atoms with Gasteiger partial charge in [0.25, 0.3) is 0 Å². The van der Waals surface area contributed by atoms with Crippen LogP contribution in [0.4, 0.5) is 4.39 Å². The normalized spacial score (nSPS) is 11.7. The molecule has 0 fully saturated rings. The Morgan fingerprint density at radius 1 is 0.829 bits per heavy atom. The average Bonchev–Trinajstić information content (AvgIpc) is 3.48. The highest BCUT2D eigenvalue weighted by molar-refractivity contribution is 5.95. The SMILES string of the molecule is CN(C)Cc1cncc(-c2ccc3[nH]nc(-c4nc5c(-c6ccc(F)cc6)cncc5[nH]4)c3n2)c1. The lowest BCUT2D eigenvalue weighted by Crippen LogP contribution is -2.10. The van der Waals surface area contributed by atoms with Crippen LogP contribution < -0.4 is 0 Å². The Kier molecular flexibility index (Phi) is 5.04. The number of pyridine rings is 3. The fraction of sp³-hybridized carbons (Fsp3) is 0.115. The number of nitrogens with one attached hydrogen (secondary N) is 2. The van der Waals surface area contributed by atoms with Crippen molar-refractivity contribution in [1.82, 2.24) is 40.0 Å². The first-order valence-corrected chi connectivity index (χ1v) is 11.1. The van der Waals surface area contributed by atoms with E-state index < -0.39 is 0 Å². The highest BCUT2D eigenvalue weighted by atomic mass is 19.1. The molecule has 9 heteroatoms. The molecule has 0 spiro atoms. The third-order valence-electron chi connectivity index (χ3n) is 5.77. The number of fused-ring (bicyclic) bond motifs is 2. The molecule has 0 bridgehead atoms. The van der Waals surface area contributed by atoms with E-state index in [9.17, 15) is 4.39 Å². The van der Waals surface area contributed by atoms with E-state index in [1.807, 2.05) is 38.6 Å². The van der Waals surface area contributed by atoms with Gasteiger partial charge in [0.2, 0.25) is 0 Å². The first-order chi connectivity index (χ1) is 17.0. The molecular weight excluding hydrogens is 443 g/mol. The van der Waals surface area contributed by atoms with Crippen molar-refractivity contribution in [1.29, 1.82) is 0 Å². The number of halogens is 1. The van der Waals surface area contributed by atoms with Gasteiger partial charge in [-0.15, -0.1) is 0 Å². The number of rotatable bonds is 5. The van der Waals surface area contributed by atoms with Crippen molar-refractivity contribution >= 4 is 22.1 Å². The molecule has 0 atom stereocenters. The molecule has 0 amide bonds. The van der Waals surface area contributed by atoms with E-state index >= 15 is 0 Å². The number of aromatic nitrogens is 7. The minimum atomic E-state index is -0.288. The summed E-state index contributed by atoms with van der Waals surface area (Å²) < 4.78 is 13.4. The second kappa shape index (κ2) is 8.37. The minimum absolute atomic E-state index is 0.288. The minimum Gasteiger partial charge on any atom is -0.335 e. The number of imidazole rings is 1. The third-order valence-corrected chi connectivity index (χ3v) is 5.77. The van der Waals surface area contributed by atoms with Crippen molar-refractivity contribution in [3.8, 4) is 33.9 Å². The number of H-pyrrole nitrogens is 2. The van der Waals surface area contributed by atoms with Gasteiger partial charge in [-0.1, -0.05) is 12.1 Å². The van der Waals surface area contributed by atoms with Crippen LogP contribution in [0.25, 0.3) is 56.0 Å². The van der Waals surface area contributed by atoms with Gasteiger partial charge in [0.15, 0.2) is 11.5 Å². The predicted molar refractivity (Wildman–Crippen MR) is 133 cm³/mol. The van der Waals surface area contributed by atoms with Crippen molar-refractivity contribution < 1.29 is 4.39 Å². The lowest BCUT2D eigenvalue weighted by molar-refractivity contribution is 0.402. The average molecular weight is 465 g/mol. The van der Waals surface area contributed by atoms with E-state index in [1.165, 1.54) is 12.1 Å². The molecule has 35 heavy (non-hydrogen) atoms. The summed E-state index contributed by atoms with van der Waals surface area (Å²) in [6.45, 7) is 0.795. The van der Waals surface area contributed by atoms with Crippen molar-refractivity contribution in [3.63, 3.8) is 0 Å². The van der Waals surface area contributed by atoms with Crippen molar-refractivity contribution in [2.75, 3.05) is 14.1 Å². The lowest BCUT2D eigenvalue weighted by atomic mass is 10.1. The Bertz CT molecular complexity index is 1670. The molecule has 172 valence electrons. The van der Waals surface area contributed by atoms with Crippen molar-refractivity contribution in [3.05, 3.63) is 78.6 Å². The highest BCUT2D eigenvalue weighted by Gasteiger charge is 2.17. The van der Waals surface area contributed by atoms with Gasteiger partial charge in [-0.25, -0.2) is 14.4 Å². The molecule has 6 aromatic rings. The van der Waals surface area contributed by atoms with Crippen LogP contribution in [0.3, 0.4) is 0 Å². The van der Waals surface area contributed by atoms with E-state index in [0.29, 0.717) is 17.0 Å². The Morgan fingerprint density at radius 3 is 2.49 bits per heavy atom. The summed E-state index contributed by atoms with van der Waals surface area (Å²) in [5.74, 6) is 0.288. The standard InChI is InChI=1S/C26H21FN8/c1-35(2)14-15-9-17(11-28-10-15)20-7-8-21-24(30-20)25(34-33-21)26-31-22-13-29-12-19(23(22)32-26)16-3-5-18(27)6-4-16/h3-13H,14H2,1-2H3,(H,31,32)(H,33,34). The fourth-order valence-electron chi connectivity index (χ4n) is 4.19. The monoisotopic (exact) mass is 464 g/mol. The number of hydrogen-bond acceptors (Lipinski definition) is 6. The summed E-state index contributed by atoms with van der Waals surface area (Å²) in [6, 6.07) is 12.3. The summed E-state index contributed by atoms with van der Waals surface area (Å²) >= 11 is 0. The number of hydrogen-bond donors (Lipinski definition) is 2. The van der Waals surface area contributed by atoms with Gasteiger partial charge in [-0.2, -0.15) is 5.10 Å². The highest BCUT2D eigenvalue weighted by Crippen LogP contribution is 2.31. The van der Waals surface area contributed by atoms with Crippen LogP contribution in [0, 0.1) is 5.82 Å². The van der Waals surface area contributed by atoms with Gasteiger partial charge in [-0.05, 0) is 55.6 Å². The molecular formula is C26H21FN8. The molecule has 5 aromatic heterocycles. The zero-order chi connectivity index (χ0) is 23.9. The van der Waals surface area contributed by atoms with Crippen molar-refractivity contribution in [2.24, 2.45) is 0 Å². The van der Waals surface area contributed by atoms with Gasteiger partial charge in [0, 0.05) is 36.3 Å². The van der Waals surface area contributed by atoms with E-state index in [1.54, 1.807) is 24.5 Å². The molecule has 0 aliphatic heterocycles. The van der Waals surface area contributed by atoms with Gasteiger partial charge in [0.05, 0.1) is 28.4 Å². The number of aromatic amines is 2. The number of benzene rings is 1. The van der Waals surface area contributed by atoms with Crippen LogP contribution >= 0.6 is 0 Å². The number of nitrogens with zero attached hydrogens (tertiary/aromatic N) is 6. The van der Waals surface area contributed by atoms with Gasteiger partial charge >= 0.3 is 0 Å². The first-order valence-electron chi connectivity index (χ1n) is 11.1. The zero-order valence-electron chi connectivity index (χ0n) is 19.1. The van der Waals surface area contributed by atoms with Crippen LogP contribution in [0.1, 0.15) is 5.56 Å². The van der Waals surface area contributed by atoms with E-state index in [-0.39, 0.29) is 5.82 Å². The molecule has 0 radical (unpaired) electrons. The van der Waals surface area contributed by atoms with Gasteiger partial charge in [-0.3, -0.25) is 15.1 Å². The Balaban J connectivity index is 1.44. The molecule has 2 N–H and O–H groups in total. The molecule has 0 unspecified atom stereocenters. The smallest absolute Gasteiger partial charge is 0.161 e. The van der Waals surface area contributed by atoms with Crippen molar-refractivity contribution in [2.45, 2.75) is 6.54 Å². The third kappa shape index (κ3) is 3.91. The first kappa shape index (κ1) is 21.1. The molecule has 8 nitrogen and oxygen atoms in total. The zero-order valence-corrected chi connectivity index (χ0v) is 19.1. The van der Waals surface area contributed by atoms with Crippen LogP contribution in [0.5, 0.6) is 0 Å². The predicted octanol–water partition coefficient (Wildman–Crippen LogP) is 4.83. The molecule has 0 aliphatic rings. The largest absolute Gasteiger partial charge is 0.335 e. The molecule has 6 rings (SSSR count). The summed E-state index contributed by atoms with van der Waals surface area (Å²) in [5, 5.41) is 7.54. The summed E-state index contributed by atoms with van der Waals surface area (Å²) in [5.41, 5.74) is 8.10. The maximum absolute atomic E-state index is 13.4. The Morgan fingerprint density at radius 2 is 1.66 bits per heavy atom. The Labute approximate surface area is 199 Å². The van der Waals surface area contributed by atoms with Gasteiger partial charge in [0.1, 0.15) is 11.3 Å². The summed E-state index contributed by atoms with van der Waals surface area (Å²) in [4.78, 5) is 23.9. The summed E-state index contributed by atoms with van der Waals surface area (Å²) in [7, 11) is 4.05. The van der Waals surface area contributed by atoms with E-state index in [4.69, 9.17) is 9.97 Å². The second-order valence-electron chi connectivity index (χ2n) is 8.66. The maximum atomic E-state index is 13.4. The van der Waals surface area contributed by atoms with E-state index in [0.717, 1.165) is 51.0 Å².